The van der Waals surface area contributed by atoms with Crippen LogP contribution in [0.2, 0.25) is 0 Å². The second kappa shape index (κ2) is 5.63. The Labute approximate surface area is 126 Å². The molecule has 1 aliphatic carbocycles. The number of benzene rings is 2. The molecule has 108 valence electrons. The summed E-state index contributed by atoms with van der Waals surface area (Å²) in [4.78, 5) is 2.68. The first-order valence-electron chi connectivity index (χ1n) is 7.94. The summed E-state index contributed by atoms with van der Waals surface area (Å²) in [5, 5.41) is 3.51. The van der Waals surface area contributed by atoms with Gasteiger partial charge in [0, 0.05) is 19.1 Å². The van der Waals surface area contributed by atoms with E-state index in [0.717, 1.165) is 31.0 Å². The van der Waals surface area contributed by atoms with E-state index >= 15 is 0 Å². The summed E-state index contributed by atoms with van der Waals surface area (Å²) in [5.41, 5.74) is 2.85. The molecule has 1 N–H and O–H groups in total. The molecular weight excluding hydrogens is 256 g/mol. The van der Waals surface area contributed by atoms with Crippen LogP contribution >= 0.6 is 0 Å². The van der Waals surface area contributed by atoms with Gasteiger partial charge in [0.15, 0.2) is 0 Å². The lowest BCUT2D eigenvalue weighted by Crippen LogP contribution is -2.32. The van der Waals surface area contributed by atoms with Crippen molar-refractivity contribution >= 4 is 0 Å². The molecule has 1 heterocycles. The molecule has 2 nitrogen and oxygen atoms in total. The number of hydrogen-bond donors (Lipinski definition) is 1. The average molecular weight is 278 g/mol. The molecule has 1 aliphatic heterocycles. The van der Waals surface area contributed by atoms with Crippen LogP contribution in [-0.4, -0.2) is 24.0 Å². The Balaban J connectivity index is 1.52. The zero-order chi connectivity index (χ0) is 14.1. The fourth-order valence-electron chi connectivity index (χ4n) is 3.83. The predicted octanol–water partition coefficient (Wildman–Crippen LogP) is 2.91. The molecule has 0 unspecified atom stereocenters. The number of hydrogen-bond acceptors (Lipinski definition) is 2. The lowest BCUT2D eigenvalue weighted by molar-refractivity contribution is 0.219. The van der Waals surface area contributed by atoms with E-state index in [4.69, 9.17) is 0 Å². The molecular formula is C19H22N2. The number of nitrogens with one attached hydrogen (secondary N) is 1. The molecule has 1 saturated heterocycles. The van der Waals surface area contributed by atoms with Gasteiger partial charge < -0.3 is 5.32 Å². The highest BCUT2D eigenvalue weighted by Gasteiger charge is 2.55. The largest absolute Gasteiger partial charge is 0.316 e. The van der Waals surface area contributed by atoms with Gasteiger partial charge in [-0.1, -0.05) is 60.7 Å². The van der Waals surface area contributed by atoms with Crippen LogP contribution in [0, 0.1) is 11.8 Å². The molecule has 21 heavy (non-hydrogen) atoms. The fourth-order valence-corrected chi connectivity index (χ4v) is 3.83. The number of rotatable bonds is 5. The maximum atomic E-state index is 3.51. The molecule has 2 aliphatic rings. The topological polar surface area (TPSA) is 15.3 Å². The summed E-state index contributed by atoms with van der Waals surface area (Å²) < 4.78 is 0. The van der Waals surface area contributed by atoms with E-state index in [9.17, 15) is 0 Å². The Bertz CT molecular complexity index is 530. The van der Waals surface area contributed by atoms with Crippen LogP contribution in [0.15, 0.2) is 60.7 Å². The van der Waals surface area contributed by atoms with Gasteiger partial charge in [-0.05, 0) is 36.1 Å². The Kier molecular flexibility index (Phi) is 3.50. The van der Waals surface area contributed by atoms with Crippen molar-refractivity contribution in [2.24, 2.45) is 11.8 Å². The van der Waals surface area contributed by atoms with Gasteiger partial charge in [0.2, 0.25) is 0 Å². The van der Waals surface area contributed by atoms with Crippen LogP contribution < -0.4 is 5.32 Å². The minimum Gasteiger partial charge on any atom is -0.316 e. The van der Waals surface area contributed by atoms with Gasteiger partial charge in [-0.2, -0.15) is 0 Å². The van der Waals surface area contributed by atoms with Crippen LogP contribution in [0.5, 0.6) is 0 Å². The van der Waals surface area contributed by atoms with Crippen LogP contribution in [-0.2, 0) is 13.1 Å². The van der Waals surface area contributed by atoms with Crippen LogP contribution in [0.3, 0.4) is 0 Å². The third-order valence-electron chi connectivity index (χ3n) is 4.93. The van der Waals surface area contributed by atoms with E-state index in [1.807, 2.05) is 0 Å². The van der Waals surface area contributed by atoms with Gasteiger partial charge in [0.25, 0.3) is 0 Å². The zero-order valence-corrected chi connectivity index (χ0v) is 12.3. The van der Waals surface area contributed by atoms with E-state index in [1.165, 1.54) is 24.2 Å². The van der Waals surface area contributed by atoms with Gasteiger partial charge in [0.05, 0.1) is 0 Å². The summed E-state index contributed by atoms with van der Waals surface area (Å²) >= 11 is 0. The maximum absolute atomic E-state index is 3.51. The highest BCUT2D eigenvalue weighted by Crippen LogP contribution is 2.46. The van der Waals surface area contributed by atoms with Crippen molar-refractivity contribution in [1.29, 1.82) is 0 Å². The van der Waals surface area contributed by atoms with Gasteiger partial charge in [-0.15, -0.1) is 0 Å². The Hall–Kier alpha value is -1.64. The maximum Gasteiger partial charge on any atom is 0.0240 e. The highest BCUT2D eigenvalue weighted by atomic mass is 15.2. The zero-order valence-electron chi connectivity index (χ0n) is 12.3. The lowest BCUT2D eigenvalue weighted by atomic mass is 10.1. The summed E-state index contributed by atoms with van der Waals surface area (Å²) in [5.74, 6) is 1.75. The highest BCUT2D eigenvalue weighted by molar-refractivity contribution is 5.20. The quantitative estimate of drug-likeness (QED) is 0.904. The second-order valence-electron chi connectivity index (χ2n) is 6.35. The third kappa shape index (κ3) is 2.74. The Morgan fingerprint density at radius 2 is 1.24 bits per heavy atom. The lowest BCUT2D eigenvalue weighted by Gasteiger charge is -2.25. The molecule has 2 aromatic carbocycles. The molecule has 1 saturated carbocycles. The number of nitrogens with zero attached hydrogens (tertiary/aromatic N) is 1. The van der Waals surface area contributed by atoms with Crippen LogP contribution in [0.1, 0.15) is 11.1 Å². The van der Waals surface area contributed by atoms with Gasteiger partial charge in [0.1, 0.15) is 0 Å². The first-order valence-corrected chi connectivity index (χ1v) is 7.94. The molecule has 2 heteroatoms. The van der Waals surface area contributed by atoms with Crippen molar-refractivity contribution in [3.05, 3.63) is 71.8 Å². The molecule has 0 amide bonds. The molecule has 0 bridgehead atoms. The first-order chi connectivity index (χ1) is 10.4. The molecule has 2 aromatic rings. The smallest absolute Gasteiger partial charge is 0.0240 e. The van der Waals surface area contributed by atoms with Crippen molar-refractivity contribution in [3.63, 3.8) is 0 Å². The molecule has 2 fully saturated rings. The predicted molar refractivity (Wildman–Crippen MR) is 85.8 cm³/mol. The summed E-state index contributed by atoms with van der Waals surface area (Å²) in [6.45, 7) is 4.53. The number of fused-ring (bicyclic) bond motifs is 1. The fraction of sp³-hybridized carbons (Fsp3) is 0.368. The summed E-state index contributed by atoms with van der Waals surface area (Å²) in [6, 6.07) is 22.5. The van der Waals surface area contributed by atoms with E-state index in [1.54, 1.807) is 0 Å². The normalized spacial score (nSPS) is 26.8. The van der Waals surface area contributed by atoms with Crippen LogP contribution in [0.25, 0.3) is 0 Å². The number of piperidine rings is 1. The van der Waals surface area contributed by atoms with Crippen molar-refractivity contribution < 1.29 is 0 Å². The second-order valence-corrected chi connectivity index (χ2v) is 6.35. The van der Waals surface area contributed by atoms with Gasteiger partial charge >= 0.3 is 0 Å². The Morgan fingerprint density at radius 3 is 1.71 bits per heavy atom. The standard InChI is InChI=1S/C19H22N2/c1-3-7-15(8-4-1)13-21(14-16-9-5-2-6-10-16)19-17-11-20-12-18(17)19/h1-10,17-20H,11-14H2/t17-,18+,19-. The molecule has 3 atom stereocenters. The van der Waals surface area contributed by atoms with E-state index in [2.05, 4.69) is 70.9 Å². The SMILES string of the molecule is c1ccc(CN(Cc2ccccc2)[C@@H]2[C@@H]3CNC[C@@H]32)cc1. The van der Waals surface area contributed by atoms with Crippen LogP contribution in [0.4, 0.5) is 0 Å². The van der Waals surface area contributed by atoms with E-state index in [0.29, 0.717) is 0 Å². The van der Waals surface area contributed by atoms with Crippen molar-refractivity contribution in [2.75, 3.05) is 13.1 Å². The monoisotopic (exact) mass is 278 g/mol. The van der Waals surface area contributed by atoms with Crippen molar-refractivity contribution in [1.82, 2.24) is 10.2 Å². The molecule has 0 aromatic heterocycles. The summed E-state index contributed by atoms with van der Waals surface area (Å²) in [7, 11) is 0. The van der Waals surface area contributed by atoms with Crippen molar-refractivity contribution in [3.8, 4) is 0 Å². The molecule has 0 radical (unpaired) electrons. The van der Waals surface area contributed by atoms with Gasteiger partial charge in [-0.25, -0.2) is 0 Å². The third-order valence-corrected chi connectivity index (χ3v) is 4.93. The van der Waals surface area contributed by atoms with Gasteiger partial charge in [-0.3, -0.25) is 4.90 Å². The average Bonchev–Trinajstić information content (AvgIpc) is 3.01. The first kappa shape index (κ1) is 13.1. The van der Waals surface area contributed by atoms with E-state index < -0.39 is 0 Å². The van der Waals surface area contributed by atoms with Crippen molar-refractivity contribution in [2.45, 2.75) is 19.1 Å². The molecule has 4 rings (SSSR count). The molecule has 0 spiro atoms. The Morgan fingerprint density at radius 1 is 0.762 bits per heavy atom. The minimum atomic E-state index is 0.770. The van der Waals surface area contributed by atoms with E-state index in [-0.39, 0.29) is 0 Å². The summed E-state index contributed by atoms with van der Waals surface area (Å²) in [6.07, 6.45) is 0. The minimum absolute atomic E-state index is 0.770.